The standard InChI is InChI=1S/C13H18F2N2O3/c1-7(10(18)12(20)16-6-8-2-3-8)17-11(19)9-4-13(14,15)5-9/h7-9H,2-6H2,1H3,(H,16,20)(H,17,19). The third-order valence-electron chi connectivity index (χ3n) is 3.68. The van der Waals surface area contributed by atoms with Crippen molar-refractivity contribution >= 4 is 17.6 Å². The third kappa shape index (κ3) is 3.74. The predicted molar refractivity (Wildman–Crippen MR) is 66.0 cm³/mol. The third-order valence-corrected chi connectivity index (χ3v) is 3.68. The van der Waals surface area contributed by atoms with Gasteiger partial charge in [0, 0.05) is 25.3 Å². The minimum Gasteiger partial charge on any atom is -0.349 e. The summed E-state index contributed by atoms with van der Waals surface area (Å²) in [6.45, 7) is 1.85. The molecule has 2 rings (SSSR count). The van der Waals surface area contributed by atoms with Crippen LogP contribution in [-0.4, -0.2) is 36.1 Å². The first kappa shape index (κ1) is 14.9. The van der Waals surface area contributed by atoms with Crippen molar-refractivity contribution in [1.29, 1.82) is 0 Å². The zero-order chi connectivity index (χ0) is 14.9. The van der Waals surface area contributed by atoms with Crippen molar-refractivity contribution in [2.45, 2.75) is 44.6 Å². The number of ketones is 1. The fourth-order valence-corrected chi connectivity index (χ4v) is 2.09. The maximum atomic E-state index is 12.6. The summed E-state index contributed by atoms with van der Waals surface area (Å²) >= 11 is 0. The largest absolute Gasteiger partial charge is 0.349 e. The van der Waals surface area contributed by atoms with Crippen molar-refractivity contribution in [3.8, 4) is 0 Å². The van der Waals surface area contributed by atoms with Gasteiger partial charge in [0.2, 0.25) is 17.6 Å². The van der Waals surface area contributed by atoms with Crippen LogP contribution in [0.15, 0.2) is 0 Å². The summed E-state index contributed by atoms with van der Waals surface area (Å²) in [6.07, 6.45) is 1.12. The normalized spacial score (nSPS) is 22.6. The highest BCUT2D eigenvalue weighted by Gasteiger charge is 2.49. The van der Waals surface area contributed by atoms with Gasteiger partial charge in [0.1, 0.15) is 0 Å². The predicted octanol–water partition coefficient (Wildman–Crippen LogP) is 0.632. The molecule has 20 heavy (non-hydrogen) atoms. The van der Waals surface area contributed by atoms with Gasteiger partial charge < -0.3 is 10.6 Å². The summed E-state index contributed by atoms with van der Waals surface area (Å²) < 4.78 is 25.3. The van der Waals surface area contributed by atoms with Crippen LogP contribution in [-0.2, 0) is 14.4 Å². The molecule has 0 spiro atoms. The Labute approximate surface area is 115 Å². The monoisotopic (exact) mass is 288 g/mol. The van der Waals surface area contributed by atoms with Crippen molar-refractivity contribution < 1.29 is 23.2 Å². The summed E-state index contributed by atoms with van der Waals surface area (Å²) in [5.74, 6) is -5.17. The van der Waals surface area contributed by atoms with E-state index in [1.54, 1.807) is 0 Å². The zero-order valence-corrected chi connectivity index (χ0v) is 11.2. The fourth-order valence-electron chi connectivity index (χ4n) is 2.09. The lowest BCUT2D eigenvalue weighted by Crippen LogP contribution is -2.51. The lowest BCUT2D eigenvalue weighted by Gasteiger charge is -2.34. The molecule has 0 aromatic heterocycles. The minimum atomic E-state index is -2.78. The van der Waals surface area contributed by atoms with E-state index in [1.807, 2.05) is 0 Å². The highest BCUT2D eigenvalue weighted by Crippen LogP contribution is 2.42. The van der Waals surface area contributed by atoms with E-state index in [4.69, 9.17) is 0 Å². The molecule has 0 aromatic rings. The lowest BCUT2D eigenvalue weighted by atomic mass is 9.80. The van der Waals surface area contributed by atoms with E-state index in [1.165, 1.54) is 6.92 Å². The Morgan fingerprint density at radius 2 is 1.85 bits per heavy atom. The molecule has 2 N–H and O–H groups in total. The minimum absolute atomic E-state index is 0.453. The second kappa shape index (κ2) is 5.46. The molecule has 0 saturated heterocycles. The Morgan fingerprint density at radius 1 is 1.25 bits per heavy atom. The summed E-state index contributed by atoms with van der Waals surface area (Å²) in [5, 5.41) is 4.83. The Hall–Kier alpha value is -1.53. The molecule has 0 bridgehead atoms. The summed E-state index contributed by atoms with van der Waals surface area (Å²) in [6, 6.07) is -0.990. The molecular weight excluding hydrogens is 270 g/mol. The van der Waals surface area contributed by atoms with Crippen LogP contribution in [0.3, 0.4) is 0 Å². The van der Waals surface area contributed by atoms with Crippen molar-refractivity contribution in [2.24, 2.45) is 11.8 Å². The van der Waals surface area contributed by atoms with Crippen LogP contribution in [0.4, 0.5) is 8.78 Å². The number of carbonyl (C=O) groups is 3. The van der Waals surface area contributed by atoms with Crippen molar-refractivity contribution in [3.05, 3.63) is 0 Å². The number of alkyl halides is 2. The van der Waals surface area contributed by atoms with Gasteiger partial charge in [-0.1, -0.05) is 0 Å². The van der Waals surface area contributed by atoms with Crippen molar-refractivity contribution in [3.63, 3.8) is 0 Å². The van der Waals surface area contributed by atoms with Crippen LogP contribution in [0, 0.1) is 11.8 Å². The van der Waals surface area contributed by atoms with Crippen molar-refractivity contribution in [2.75, 3.05) is 6.54 Å². The van der Waals surface area contributed by atoms with E-state index in [-0.39, 0.29) is 0 Å². The fraction of sp³-hybridized carbons (Fsp3) is 0.769. The molecule has 1 unspecified atom stereocenters. The average Bonchev–Trinajstić information content (AvgIpc) is 3.15. The maximum Gasteiger partial charge on any atom is 0.289 e. The molecule has 1 atom stereocenters. The van der Waals surface area contributed by atoms with E-state index in [9.17, 15) is 23.2 Å². The number of carbonyl (C=O) groups excluding carboxylic acids is 3. The zero-order valence-electron chi connectivity index (χ0n) is 11.2. The molecule has 0 radical (unpaired) electrons. The molecule has 7 heteroatoms. The molecule has 0 aromatic carbocycles. The van der Waals surface area contributed by atoms with E-state index < -0.39 is 48.3 Å². The van der Waals surface area contributed by atoms with Crippen LogP contribution in [0.25, 0.3) is 0 Å². The molecule has 2 aliphatic rings. The smallest absolute Gasteiger partial charge is 0.289 e. The Balaban J connectivity index is 1.72. The number of hydrogen-bond donors (Lipinski definition) is 2. The number of rotatable bonds is 6. The van der Waals surface area contributed by atoms with Crippen LogP contribution in [0.1, 0.15) is 32.6 Å². The Kier molecular flexibility index (Phi) is 4.06. The Bertz CT molecular complexity index is 427. The van der Waals surface area contributed by atoms with E-state index >= 15 is 0 Å². The van der Waals surface area contributed by atoms with Gasteiger partial charge in [0.05, 0.1) is 6.04 Å². The molecular formula is C13H18F2N2O3. The first-order chi connectivity index (χ1) is 9.28. The van der Waals surface area contributed by atoms with E-state index in [0.717, 1.165) is 12.8 Å². The van der Waals surface area contributed by atoms with Gasteiger partial charge in [0.15, 0.2) is 0 Å². The van der Waals surface area contributed by atoms with Gasteiger partial charge in [-0.2, -0.15) is 0 Å². The highest BCUT2D eigenvalue weighted by molar-refractivity contribution is 6.38. The SMILES string of the molecule is CC(NC(=O)C1CC(F)(F)C1)C(=O)C(=O)NCC1CC1. The van der Waals surface area contributed by atoms with Gasteiger partial charge in [-0.25, -0.2) is 8.78 Å². The number of halogens is 2. The van der Waals surface area contributed by atoms with E-state index in [0.29, 0.717) is 12.5 Å². The molecule has 2 fully saturated rings. The van der Waals surface area contributed by atoms with Gasteiger partial charge in [0.25, 0.3) is 5.91 Å². The average molecular weight is 288 g/mol. The van der Waals surface area contributed by atoms with Crippen LogP contribution in [0.2, 0.25) is 0 Å². The maximum absolute atomic E-state index is 12.6. The molecule has 2 amide bonds. The van der Waals surface area contributed by atoms with E-state index in [2.05, 4.69) is 10.6 Å². The molecule has 5 nitrogen and oxygen atoms in total. The quantitative estimate of drug-likeness (QED) is 0.704. The highest BCUT2D eigenvalue weighted by atomic mass is 19.3. The summed E-state index contributed by atoms with van der Waals surface area (Å²) in [4.78, 5) is 34.8. The number of nitrogens with one attached hydrogen (secondary N) is 2. The van der Waals surface area contributed by atoms with Crippen molar-refractivity contribution in [1.82, 2.24) is 10.6 Å². The first-order valence-electron chi connectivity index (χ1n) is 6.79. The first-order valence-corrected chi connectivity index (χ1v) is 6.79. The number of amides is 2. The van der Waals surface area contributed by atoms with Crippen LogP contribution in [0.5, 0.6) is 0 Å². The van der Waals surface area contributed by atoms with Gasteiger partial charge in [-0.15, -0.1) is 0 Å². The Morgan fingerprint density at radius 3 is 2.35 bits per heavy atom. The second-order valence-corrected chi connectivity index (χ2v) is 5.71. The topological polar surface area (TPSA) is 75.3 Å². The molecule has 112 valence electrons. The number of hydrogen-bond acceptors (Lipinski definition) is 3. The van der Waals surface area contributed by atoms with Gasteiger partial charge in [-0.3, -0.25) is 14.4 Å². The van der Waals surface area contributed by atoms with Gasteiger partial charge in [-0.05, 0) is 25.7 Å². The van der Waals surface area contributed by atoms with Crippen LogP contribution >= 0.6 is 0 Å². The molecule has 2 aliphatic carbocycles. The molecule has 0 aliphatic heterocycles. The molecule has 0 heterocycles. The summed E-state index contributed by atoms with van der Waals surface area (Å²) in [7, 11) is 0. The lowest BCUT2D eigenvalue weighted by molar-refractivity contribution is -0.152. The number of Topliss-reactive ketones (excluding diaryl/α,β-unsaturated/α-hetero) is 1. The van der Waals surface area contributed by atoms with Crippen LogP contribution < -0.4 is 10.6 Å². The second-order valence-electron chi connectivity index (χ2n) is 5.71. The van der Waals surface area contributed by atoms with Gasteiger partial charge >= 0.3 is 0 Å². The summed E-state index contributed by atoms with van der Waals surface area (Å²) in [5.41, 5.74) is 0. The molecule has 2 saturated carbocycles.